The first-order chi connectivity index (χ1) is 17.8. The third-order valence-electron chi connectivity index (χ3n) is 5.90. The molecule has 2 aromatic heterocycles. The van der Waals surface area contributed by atoms with E-state index in [0.29, 0.717) is 5.76 Å². The summed E-state index contributed by atoms with van der Waals surface area (Å²) in [4.78, 5) is 29.7. The smallest absolute Gasteiger partial charge is 0.423 e. The summed E-state index contributed by atoms with van der Waals surface area (Å²) in [5.41, 5.74) is -4.11. The highest BCUT2D eigenvalue weighted by Crippen LogP contribution is 2.32. The lowest BCUT2D eigenvalue weighted by molar-refractivity contribution is -0.138. The number of nitrogens with zero attached hydrogens (tertiary/aromatic N) is 5. The predicted molar refractivity (Wildman–Crippen MR) is 122 cm³/mol. The average molecular weight is 547 g/mol. The summed E-state index contributed by atoms with van der Waals surface area (Å²) in [5.74, 6) is -0.0662. The number of anilines is 1. The molecule has 1 fully saturated rings. The van der Waals surface area contributed by atoms with Crippen molar-refractivity contribution in [1.29, 1.82) is 0 Å². The van der Waals surface area contributed by atoms with Gasteiger partial charge in [0.1, 0.15) is 18.0 Å². The Balaban J connectivity index is 1.33. The number of carbonyl (C=O) groups excluding carboxylic acids is 1. The van der Waals surface area contributed by atoms with E-state index >= 15 is 0 Å². The van der Waals surface area contributed by atoms with Gasteiger partial charge in [-0.1, -0.05) is 0 Å². The van der Waals surface area contributed by atoms with E-state index in [1.807, 2.05) is 0 Å². The third kappa shape index (κ3) is 6.17. The molecule has 38 heavy (non-hydrogen) atoms. The molecular weight excluding hydrogens is 524 g/mol. The Morgan fingerprint density at radius 1 is 1.13 bits per heavy atom. The van der Waals surface area contributed by atoms with Crippen LogP contribution in [0.3, 0.4) is 0 Å². The van der Waals surface area contributed by atoms with Crippen molar-refractivity contribution in [2.75, 3.05) is 38.2 Å². The second-order valence-corrected chi connectivity index (χ2v) is 8.72. The van der Waals surface area contributed by atoms with Gasteiger partial charge in [0, 0.05) is 51.1 Å². The number of hydrogen-bond donors (Lipinski definition) is 2. The van der Waals surface area contributed by atoms with E-state index in [1.165, 1.54) is 22.0 Å². The van der Waals surface area contributed by atoms with Crippen molar-refractivity contribution in [1.82, 2.24) is 25.1 Å². The van der Waals surface area contributed by atoms with Crippen LogP contribution in [0.5, 0.6) is 0 Å². The monoisotopic (exact) mass is 547 g/mol. The highest BCUT2D eigenvalue weighted by Gasteiger charge is 2.38. The van der Waals surface area contributed by atoms with Gasteiger partial charge in [0.25, 0.3) is 11.5 Å². The zero-order valence-electron chi connectivity index (χ0n) is 19.9. The number of amides is 1. The van der Waals surface area contributed by atoms with Crippen molar-refractivity contribution in [3.8, 4) is 0 Å². The molecule has 0 aromatic carbocycles. The number of hydrogen-bond acceptors (Lipinski definition) is 8. The van der Waals surface area contributed by atoms with Crippen LogP contribution in [0.15, 0.2) is 44.3 Å². The first-order valence-electron chi connectivity index (χ1n) is 11.4. The van der Waals surface area contributed by atoms with Crippen LogP contribution in [-0.2, 0) is 12.6 Å². The van der Waals surface area contributed by atoms with Gasteiger partial charge in [0.2, 0.25) is 0 Å². The summed E-state index contributed by atoms with van der Waals surface area (Å²) in [6.45, 7) is 2.65. The normalized spacial score (nSPS) is 17.9. The number of carbonyl (C=O) groups is 1. The first-order valence-corrected chi connectivity index (χ1v) is 11.4. The SMILES string of the molecule is CC(Cc1ccc(C(=O)N2CCN(N3C=C(C(F)(F)F)C=NC3)CC2)o1)Nc1cn[nH]c(=O)c1C(F)(F)F. The lowest BCUT2D eigenvalue weighted by atomic mass is 10.1. The van der Waals surface area contributed by atoms with Crippen LogP contribution in [0.25, 0.3) is 0 Å². The van der Waals surface area contributed by atoms with Crippen molar-refractivity contribution in [3.05, 3.63) is 57.5 Å². The molecule has 0 saturated carbocycles. The molecule has 1 saturated heterocycles. The van der Waals surface area contributed by atoms with Crippen LogP contribution >= 0.6 is 0 Å². The average Bonchev–Trinajstić information content (AvgIpc) is 3.30. The Labute approximate surface area is 211 Å². The van der Waals surface area contributed by atoms with Gasteiger partial charge in [-0.2, -0.15) is 31.4 Å². The third-order valence-corrected chi connectivity index (χ3v) is 5.90. The van der Waals surface area contributed by atoms with E-state index in [9.17, 15) is 35.9 Å². The molecular formula is C22H23F6N7O3. The standard InChI is InChI=1S/C22H23F6N7O3/c1-13(31-16-10-30-32-19(36)18(16)22(26,27)28)8-15-2-3-17(38-15)20(37)33-4-6-34(7-5-33)35-11-14(9-29-12-35)21(23,24)25/h2-3,9-11,13H,4-8,12H2,1H3,(H2,31,32,36). The summed E-state index contributed by atoms with van der Waals surface area (Å²) < 4.78 is 84.3. The van der Waals surface area contributed by atoms with Gasteiger partial charge in [-0.15, -0.1) is 0 Å². The molecule has 1 amide bonds. The van der Waals surface area contributed by atoms with E-state index in [-0.39, 0.29) is 45.0 Å². The second kappa shape index (κ2) is 10.5. The molecule has 4 rings (SSSR count). The maximum atomic E-state index is 13.2. The minimum Gasteiger partial charge on any atom is -0.456 e. The molecule has 2 aromatic rings. The minimum absolute atomic E-state index is 0.0243. The largest absolute Gasteiger partial charge is 0.456 e. The number of aromatic amines is 1. The molecule has 0 bridgehead atoms. The number of H-pyrrole nitrogens is 1. The quantitative estimate of drug-likeness (QED) is 0.536. The van der Waals surface area contributed by atoms with Gasteiger partial charge in [-0.05, 0) is 19.1 Å². The van der Waals surface area contributed by atoms with Crippen molar-refractivity contribution in [2.24, 2.45) is 4.99 Å². The van der Waals surface area contributed by atoms with Gasteiger partial charge >= 0.3 is 12.4 Å². The Bertz CT molecular complexity index is 1280. The van der Waals surface area contributed by atoms with E-state index in [0.717, 1.165) is 18.6 Å². The molecule has 1 unspecified atom stereocenters. The summed E-state index contributed by atoms with van der Waals surface area (Å²) in [7, 11) is 0. The fourth-order valence-corrected chi connectivity index (χ4v) is 4.10. The fourth-order valence-electron chi connectivity index (χ4n) is 4.10. The lowest BCUT2D eigenvalue weighted by Gasteiger charge is -2.40. The molecule has 2 aliphatic heterocycles. The molecule has 2 aliphatic rings. The van der Waals surface area contributed by atoms with Gasteiger partial charge in [-0.3, -0.25) is 19.6 Å². The van der Waals surface area contributed by atoms with Gasteiger partial charge in [-0.25, -0.2) is 10.1 Å². The van der Waals surface area contributed by atoms with Crippen LogP contribution in [0, 0.1) is 0 Å². The van der Waals surface area contributed by atoms with Crippen LogP contribution in [0.4, 0.5) is 32.0 Å². The van der Waals surface area contributed by atoms with Gasteiger partial charge in [0.05, 0.1) is 17.5 Å². The number of piperazine rings is 1. The van der Waals surface area contributed by atoms with Gasteiger partial charge < -0.3 is 14.6 Å². The predicted octanol–water partition coefficient (Wildman–Crippen LogP) is 2.89. The van der Waals surface area contributed by atoms with Crippen molar-refractivity contribution >= 4 is 17.8 Å². The Kier molecular flexibility index (Phi) is 7.53. The number of hydrazine groups is 1. The fraction of sp³-hybridized carbons (Fsp3) is 0.455. The molecule has 2 N–H and O–H groups in total. The molecule has 206 valence electrons. The topological polar surface area (TPSA) is 110 Å². The molecule has 0 radical (unpaired) electrons. The summed E-state index contributed by atoms with van der Waals surface area (Å²) >= 11 is 0. The maximum absolute atomic E-state index is 13.2. The number of aromatic nitrogens is 2. The summed E-state index contributed by atoms with van der Waals surface area (Å²) in [6.07, 6.45) is -6.66. The minimum atomic E-state index is -4.88. The second-order valence-electron chi connectivity index (χ2n) is 8.72. The molecule has 0 aliphatic carbocycles. The van der Waals surface area contributed by atoms with Gasteiger partial charge in [0.15, 0.2) is 5.76 Å². The molecule has 10 nitrogen and oxygen atoms in total. The van der Waals surface area contributed by atoms with Crippen LogP contribution in [0.2, 0.25) is 0 Å². The van der Waals surface area contributed by atoms with E-state index in [1.54, 1.807) is 17.0 Å². The molecule has 4 heterocycles. The summed E-state index contributed by atoms with van der Waals surface area (Å²) in [5, 5.41) is 10.8. The van der Waals surface area contributed by atoms with E-state index < -0.39 is 46.7 Å². The van der Waals surface area contributed by atoms with Crippen molar-refractivity contribution < 1.29 is 35.6 Å². The number of furan rings is 1. The Morgan fingerprint density at radius 3 is 2.50 bits per heavy atom. The number of rotatable bonds is 6. The zero-order chi connectivity index (χ0) is 27.7. The van der Waals surface area contributed by atoms with Crippen LogP contribution in [0.1, 0.15) is 28.8 Å². The van der Waals surface area contributed by atoms with Crippen LogP contribution in [-0.4, -0.2) is 82.3 Å². The molecule has 1 atom stereocenters. The lowest BCUT2D eigenvalue weighted by Crippen LogP contribution is -2.54. The maximum Gasteiger partial charge on any atom is 0.423 e. The highest BCUT2D eigenvalue weighted by atomic mass is 19.4. The Morgan fingerprint density at radius 2 is 1.84 bits per heavy atom. The zero-order valence-corrected chi connectivity index (χ0v) is 19.9. The number of halogens is 6. The number of nitrogens with one attached hydrogen (secondary N) is 2. The highest BCUT2D eigenvalue weighted by molar-refractivity contribution is 5.91. The molecule has 16 heteroatoms. The number of allylic oxidation sites excluding steroid dienone is 1. The number of aliphatic imine (C=N–C) groups is 1. The van der Waals surface area contributed by atoms with Crippen molar-refractivity contribution in [2.45, 2.75) is 31.7 Å². The first kappa shape index (κ1) is 27.2. The van der Waals surface area contributed by atoms with E-state index in [2.05, 4.69) is 15.4 Å². The van der Waals surface area contributed by atoms with Crippen molar-refractivity contribution in [3.63, 3.8) is 0 Å². The summed E-state index contributed by atoms with van der Waals surface area (Å²) in [6, 6.07) is 2.36. The number of alkyl halides is 6. The van der Waals surface area contributed by atoms with Crippen LogP contribution < -0.4 is 10.9 Å². The Hall–Kier alpha value is -3.82. The van der Waals surface area contributed by atoms with E-state index in [4.69, 9.17) is 4.42 Å². The molecule has 0 spiro atoms.